The molecule has 4 fully saturated rings. The highest BCUT2D eigenvalue weighted by Crippen LogP contribution is 2.69. The average molecular weight is 477 g/mol. The van der Waals surface area contributed by atoms with Gasteiger partial charge in [-0.25, -0.2) is 0 Å². The number of hydrogen-bond acceptors (Lipinski definition) is 5. The fourth-order valence-electron chi connectivity index (χ4n) is 9.14. The number of ketones is 1. The Morgan fingerprint density at radius 3 is 2.38 bits per heavy atom. The Morgan fingerprint density at radius 2 is 1.76 bits per heavy atom. The summed E-state index contributed by atoms with van der Waals surface area (Å²) in [4.78, 5) is 49.7. The van der Waals surface area contributed by atoms with Crippen LogP contribution in [0.3, 0.4) is 0 Å². The fourth-order valence-corrected chi connectivity index (χ4v) is 9.14. The van der Waals surface area contributed by atoms with Crippen molar-refractivity contribution < 1.29 is 34.1 Å². The highest BCUT2D eigenvalue weighted by atomic mass is 16.5. The lowest BCUT2D eigenvalue weighted by molar-refractivity contribution is -0.182. The summed E-state index contributed by atoms with van der Waals surface area (Å²) in [6.45, 7) is 6.41. The smallest absolute Gasteiger partial charge is 0.307 e. The van der Waals surface area contributed by atoms with Crippen LogP contribution >= 0.6 is 0 Å². The van der Waals surface area contributed by atoms with Gasteiger partial charge >= 0.3 is 17.9 Å². The van der Waals surface area contributed by atoms with E-state index in [1.165, 1.54) is 7.11 Å². The number of hydrogen-bond donors (Lipinski definition) is 2. The molecule has 0 aromatic heterocycles. The summed E-state index contributed by atoms with van der Waals surface area (Å²) in [6, 6.07) is 0. The molecule has 0 bridgehead atoms. The molecule has 4 rings (SSSR count). The van der Waals surface area contributed by atoms with Gasteiger partial charge in [-0.1, -0.05) is 20.8 Å². The lowest BCUT2D eigenvalue weighted by Gasteiger charge is -2.61. The van der Waals surface area contributed by atoms with E-state index in [0.29, 0.717) is 38.5 Å². The lowest BCUT2D eigenvalue weighted by atomic mass is 9.41. The van der Waals surface area contributed by atoms with E-state index in [-0.39, 0.29) is 52.7 Å². The van der Waals surface area contributed by atoms with Crippen LogP contribution in [0.15, 0.2) is 0 Å². The minimum Gasteiger partial charge on any atom is -0.481 e. The highest BCUT2D eigenvalue weighted by molar-refractivity contribution is 5.84. The number of methoxy groups -OCH3 is 1. The number of rotatable bonds is 6. The van der Waals surface area contributed by atoms with E-state index in [4.69, 9.17) is 4.74 Å². The van der Waals surface area contributed by atoms with Crippen LogP contribution in [0.1, 0.15) is 78.6 Å². The molecular formula is C27H40O7. The van der Waals surface area contributed by atoms with Gasteiger partial charge in [0.1, 0.15) is 5.78 Å². The van der Waals surface area contributed by atoms with Crippen molar-refractivity contribution in [2.45, 2.75) is 78.6 Å². The van der Waals surface area contributed by atoms with Gasteiger partial charge in [-0.3, -0.25) is 19.2 Å². The minimum atomic E-state index is -0.782. The number of ether oxygens (including phenoxy) is 1. The van der Waals surface area contributed by atoms with Crippen molar-refractivity contribution in [3.63, 3.8) is 0 Å². The quantitative estimate of drug-likeness (QED) is 0.545. The van der Waals surface area contributed by atoms with E-state index in [2.05, 4.69) is 20.8 Å². The first-order valence-corrected chi connectivity index (χ1v) is 13.0. The van der Waals surface area contributed by atoms with Crippen LogP contribution in [0.25, 0.3) is 0 Å². The number of Topliss-reactive ketones (excluding diaryl/α,β-unsaturated/α-hetero) is 1. The molecule has 7 nitrogen and oxygen atoms in total. The Bertz CT molecular complexity index is 867. The number of carbonyl (C=O) groups excluding carboxylic acids is 2. The normalized spacial score (nSPS) is 44.4. The van der Waals surface area contributed by atoms with Gasteiger partial charge < -0.3 is 14.9 Å². The Balaban J connectivity index is 1.65. The van der Waals surface area contributed by atoms with Gasteiger partial charge in [0.2, 0.25) is 0 Å². The zero-order valence-electron chi connectivity index (χ0n) is 20.9. The predicted octanol–water partition coefficient (Wildman–Crippen LogP) is 4.43. The SMILES string of the molecule is COC(=O)CC[C@H](C)[C@H]1CC[C@@H]2[C@H]3C(=O)C[C@@H]4C[C@H](C(=O)O)CC[C@]4(C)[C@@H]3C[C@H](C(=O)O)[C@@]21C. The molecule has 0 aromatic rings. The van der Waals surface area contributed by atoms with Gasteiger partial charge in [0, 0.05) is 18.8 Å². The first-order valence-electron chi connectivity index (χ1n) is 13.0. The Kier molecular flexibility index (Phi) is 6.62. The molecule has 190 valence electrons. The van der Waals surface area contributed by atoms with E-state index < -0.39 is 29.2 Å². The Hall–Kier alpha value is -1.92. The Labute approximate surface area is 202 Å². The van der Waals surface area contributed by atoms with E-state index in [9.17, 15) is 29.4 Å². The van der Waals surface area contributed by atoms with Crippen LogP contribution in [0.5, 0.6) is 0 Å². The van der Waals surface area contributed by atoms with Crippen molar-refractivity contribution in [1.82, 2.24) is 0 Å². The molecule has 4 saturated carbocycles. The van der Waals surface area contributed by atoms with Crippen molar-refractivity contribution >= 4 is 23.7 Å². The summed E-state index contributed by atoms with van der Waals surface area (Å²) in [7, 11) is 1.38. The van der Waals surface area contributed by atoms with Crippen LogP contribution in [0, 0.1) is 58.2 Å². The second-order valence-corrected chi connectivity index (χ2v) is 12.2. The summed E-state index contributed by atoms with van der Waals surface area (Å²) < 4.78 is 4.81. The Morgan fingerprint density at radius 1 is 1.06 bits per heavy atom. The third kappa shape index (κ3) is 3.78. The zero-order chi connectivity index (χ0) is 25.0. The standard InChI is InChI=1S/C27H40O7/c1-14(5-8-22(29)34-4)17-6-7-18-23-19(13-20(25(32)33)27(17,18)3)26(2)10-9-15(24(30)31)11-16(26)12-21(23)28/h14-20,23H,5-13H2,1-4H3,(H,30,31)(H,32,33)/t14-,15+,16-,17+,18+,19+,20+,23+,26-,27+/m0/s1. The highest BCUT2D eigenvalue weighted by Gasteiger charge is 2.67. The molecule has 0 spiro atoms. The van der Waals surface area contributed by atoms with Gasteiger partial charge in [0.05, 0.1) is 18.9 Å². The molecule has 0 aromatic carbocycles. The van der Waals surface area contributed by atoms with Gasteiger partial charge in [0.15, 0.2) is 0 Å². The van der Waals surface area contributed by atoms with Crippen molar-refractivity contribution in [2.75, 3.05) is 7.11 Å². The van der Waals surface area contributed by atoms with Crippen LogP contribution in [0.2, 0.25) is 0 Å². The summed E-state index contributed by atoms with van der Waals surface area (Å²) in [6.07, 6.45) is 5.49. The molecule has 0 amide bonds. The molecule has 4 aliphatic rings. The van der Waals surface area contributed by atoms with Gasteiger partial charge in [-0.15, -0.1) is 0 Å². The van der Waals surface area contributed by atoms with Gasteiger partial charge in [0.25, 0.3) is 0 Å². The van der Waals surface area contributed by atoms with Crippen LogP contribution in [-0.2, 0) is 23.9 Å². The molecule has 0 saturated heterocycles. The van der Waals surface area contributed by atoms with Crippen LogP contribution in [-0.4, -0.2) is 41.0 Å². The maximum absolute atomic E-state index is 13.6. The first kappa shape index (κ1) is 25.2. The maximum Gasteiger partial charge on any atom is 0.307 e. The van der Waals surface area contributed by atoms with E-state index in [1.54, 1.807) is 0 Å². The second kappa shape index (κ2) is 8.94. The molecule has 4 aliphatic carbocycles. The maximum atomic E-state index is 13.6. The monoisotopic (exact) mass is 476 g/mol. The van der Waals surface area contributed by atoms with Crippen LogP contribution in [0.4, 0.5) is 0 Å². The van der Waals surface area contributed by atoms with Crippen molar-refractivity contribution in [2.24, 2.45) is 58.2 Å². The molecule has 7 heteroatoms. The molecule has 2 N–H and O–H groups in total. The summed E-state index contributed by atoms with van der Waals surface area (Å²) in [5.41, 5.74) is -0.673. The fraction of sp³-hybridized carbons (Fsp3) is 0.852. The summed E-state index contributed by atoms with van der Waals surface area (Å²) in [5.74, 6) is -2.31. The lowest BCUT2D eigenvalue weighted by Crippen LogP contribution is -2.61. The van der Waals surface area contributed by atoms with Crippen LogP contribution < -0.4 is 0 Å². The van der Waals surface area contributed by atoms with Crippen molar-refractivity contribution in [3.05, 3.63) is 0 Å². The zero-order valence-corrected chi connectivity index (χ0v) is 20.9. The number of esters is 1. The average Bonchev–Trinajstić information content (AvgIpc) is 3.14. The molecule has 0 unspecified atom stereocenters. The van der Waals surface area contributed by atoms with Crippen molar-refractivity contribution in [3.8, 4) is 0 Å². The number of carboxylic acids is 2. The molecule has 0 radical (unpaired) electrons. The number of carbonyl (C=O) groups is 4. The number of aliphatic carboxylic acids is 2. The van der Waals surface area contributed by atoms with Gasteiger partial charge in [-0.2, -0.15) is 0 Å². The molecular weight excluding hydrogens is 436 g/mol. The minimum absolute atomic E-state index is 0.00297. The third-order valence-corrected chi connectivity index (χ3v) is 11.1. The predicted molar refractivity (Wildman–Crippen MR) is 124 cm³/mol. The van der Waals surface area contributed by atoms with E-state index in [1.807, 2.05) is 0 Å². The largest absolute Gasteiger partial charge is 0.481 e. The first-order chi connectivity index (χ1) is 15.9. The van der Waals surface area contributed by atoms with E-state index >= 15 is 0 Å². The molecule has 0 heterocycles. The molecule has 34 heavy (non-hydrogen) atoms. The molecule has 10 atom stereocenters. The van der Waals surface area contributed by atoms with E-state index in [0.717, 1.165) is 19.3 Å². The number of fused-ring (bicyclic) bond motifs is 5. The van der Waals surface area contributed by atoms with Gasteiger partial charge in [-0.05, 0) is 85.4 Å². The topological polar surface area (TPSA) is 118 Å². The van der Waals surface area contributed by atoms with Crippen molar-refractivity contribution in [1.29, 1.82) is 0 Å². The third-order valence-electron chi connectivity index (χ3n) is 11.1. The number of carboxylic acid groups (broad SMARTS) is 2. The summed E-state index contributed by atoms with van der Waals surface area (Å²) in [5, 5.41) is 20.0. The molecule has 0 aliphatic heterocycles. The summed E-state index contributed by atoms with van der Waals surface area (Å²) >= 11 is 0. The second-order valence-electron chi connectivity index (χ2n) is 12.2.